The molecule has 0 bridgehead atoms. The normalized spacial score (nSPS) is 14.5. The van der Waals surface area contributed by atoms with Crippen LogP contribution < -0.4 is 15.0 Å². The molecule has 3 rings (SSSR count). The first-order chi connectivity index (χ1) is 14.7. The van der Waals surface area contributed by atoms with Gasteiger partial charge in [0.15, 0.2) is 5.60 Å². The van der Waals surface area contributed by atoms with E-state index in [0.717, 1.165) is 5.69 Å². The SMILES string of the molecule is CC(C)C(=O)N1CCN(c2c(Cl)cccc2NC(=O)C(C)(C)Oc2ccccc2)CC1. The van der Waals surface area contributed by atoms with Gasteiger partial charge in [0.05, 0.1) is 16.4 Å². The highest BCUT2D eigenvalue weighted by atomic mass is 35.5. The van der Waals surface area contributed by atoms with Gasteiger partial charge < -0.3 is 19.9 Å². The number of amides is 2. The van der Waals surface area contributed by atoms with E-state index >= 15 is 0 Å². The number of carbonyl (C=O) groups excluding carboxylic acids is 2. The van der Waals surface area contributed by atoms with E-state index in [4.69, 9.17) is 16.3 Å². The average molecular weight is 444 g/mol. The number of hydrogen-bond acceptors (Lipinski definition) is 4. The zero-order valence-corrected chi connectivity index (χ0v) is 19.3. The molecule has 0 unspecified atom stereocenters. The molecular formula is C24H30ClN3O3. The van der Waals surface area contributed by atoms with Gasteiger partial charge in [-0.05, 0) is 38.1 Å². The first-order valence-corrected chi connectivity index (χ1v) is 10.9. The molecule has 0 spiro atoms. The van der Waals surface area contributed by atoms with E-state index in [1.807, 2.05) is 67.3 Å². The number of rotatable bonds is 6. The summed E-state index contributed by atoms with van der Waals surface area (Å²) in [6.45, 7) is 9.83. The standard InChI is InChI=1S/C24H30ClN3O3/c1-17(2)22(29)28-15-13-27(14-16-28)21-19(25)11-8-12-20(21)26-23(30)24(3,4)31-18-9-6-5-7-10-18/h5-12,17H,13-16H2,1-4H3,(H,26,30). The number of nitrogens with zero attached hydrogens (tertiary/aromatic N) is 2. The van der Waals surface area contributed by atoms with Crippen LogP contribution in [0.4, 0.5) is 11.4 Å². The molecule has 1 fully saturated rings. The summed E-state index contributed by atoms with van der Waals surface area (Å²) in [4.78, 5) is 29.3. The zero-order chi connectivity index (χ0) is 22.6. The second-order valence-electron chi connectivity index (χ2n) is 8.48. The van der Waals surface area contributed by atoms with Gasteiger partial charge in [0, 0.05) is 32.1 Å². The van der Waals surface area contributed by atoms with E-state index in [1.165, 1.54) is 0 Å². The maximum atomic E-state index is 13.1. The van der Waals surface area contributed by atoms with Crippen LogP contribution in [-0.4, -0.2) is 48.5 Å². The largest absolute Gasteiger partial charge is 0.478 e. The van der Waals surface area contributed by atoms with Crippen molar-refractivity contribution < 1.29 is 14.3 Å². The van der Waals surface area contributed by atoms with Crippen LogP contribution in [0.15, 0.2) is 48.5 Å². The molecule has 0 saturated carbocycles. The Bertz CT molecular complexity index is 923. The van der Waals surface area contributed by atoms with Gasteiger partial charge in [-0.15, -0.1) is 0 Å². The lowest BCUT2D eigenvalue weighted by molar-refractivity contribution is -0.134. The van der Waals surface area contributed by atoms with Crippen molar-refractivity contribution in [2.75, 3.05) is 36.4 Å². The summed E-state index contributed by atoms with van der Waals surface area (Å²) < 4.78 is 5.91. The Morgan fingerprint density at radius 1 is 1.00 bits per heavy atom. The Kier molecular flexibility index (Phi) is 7.11. The molecule has 166 valence electrons. The van der Waals surface area contributed by atoms with E-state index in [-0.39, 0.29) is 17.7 Å². The predicted octanol–water partition coefficient (Wildman–Crippen LogP) is 4.44. The Balaban J connectivity index is 1.74. The Morgan fingerprint density at radius 3 is 2.26 bits per heavy atom. The lowest BCUT2D eigenvalue weighted by Crippen LogP contribution is -2.50. The maximum absolute atomic E-state index is 13.1. The number of halogens is 1. The molecule has 0 atom stereocenters. The Labute approximate surface area is 189 Å². The molecule has 31 heavy (non-hydrogen) atoms. The minimum Gasteiger partial charge on any atom is -0.478 e. The Hall–Kier alpha value is -2.73. The van der Waals surface area contributed by atoms with Crippen molar-refractivity contribution in [3.8, 4) is 5.75 Å². The molecule has 1 saturated heterocycles. The molecular weight excluding hydrogens is 414 g/mol. The molecule has 1 aliphatic rings. The number of para-hydroxylation sites is 2. The third-order valence-electron chi connectivity index (χ3n) is 5.30. The summed E-state index contributed by atoms with van der Waals surface area (Å²) in [6, 6.07) is 14.7. The van der Waals surface area contributed by atoms with Gasteiger partial charge >= 0.3 is 0 Å². The number of anilines is 2. The van der Waals surface area contributed by atoms with Gasteiger partial charge in [-0.3, -0.25) is 9.59 Å². The van der Waals surface area contributed by atoms with Crippen LogP contribution in [0.3, 0.4) is 0 Å². The van der Waals surface area contributed by atoms with Crippen molar-refractivity contribution in [1.29, 1.82) is 0 Å². The van der Waals surface area contributed by atoms with Crippen molar-refractivity contribution in [1.82, 2.24) is 4.90 Å². The summed E-state index contributed by atoms with van der Waals surface area (Å²) in [5.74, 6) is 0.495. The second-order valence-corrected chi connectivity index (χ2v) is 8.89. The number of ether oxygens (including phenoxy) is 1. The third-order valence-corrected chi connectivity index (χ3v) is 5.60. The summed E-state index contributed by atoms with van der Waals surface area (Å²) in [6.07, 6.45) is 0. The van der Waals surface area contributed by atoms with Gasteiger partial charge in [-0.25, -0.2) is 0 Å². The highest BCUT2D eigenvalue weighted by Gasteiger charge is 2.32. The minimum atomic E-state index is -1.08. The lowest BCUT2D eigenvalue weighted by atomic mass is 10.1. The molecule has 2 aromatic carbocycles. The molecule has 2 amide bonds. The Morgan fingerprint density at radius 2 is 1.65 bits per heavy atom. The topological polar surface area (TPSA) is 61.9 Å². The third kappa shape index (κ3) is 5.50. The van der Waals surface area contributed by atoms with E-state index in [0.29, 0.717) is 42.6 Å². The van der Waals surface area contributed by atoms with Crippen LogP contribution in [0.5, 0.6) is 5.75 Å². The predicted molar refractivity (Wildman–Crippen MR) is 125 cm³/mol. The minimum absolute atomic E-state index is 0.0199. The van der Waals surface area contributed by atoms with E-state index in [1.54, 1.807) is 13.8 Å². The molecule has 1 N–H and O–H groups in total. The number of benzene rings is 2. The first kappa shape index (κ1) is 22.9. The highest BCUT2D eigenvalue weighted by Crippen LogP contribution is 2.35. The summed E-state index contributed by atoms with van der Waals surface area (Å²) in [7, 11) is 0. The molecule has 1 aliphatic heterocycles. The van der Waals surface area contributed by atoms with Gasteiger partial charge in [0.25, 0.3) is 5.91 Å². The monoisotopic (exact) mass is 443 g/mol. The second kappa shape index (κ2) is 9.60. The summed E-state index contributed by atoms with van der Waals surface area (Å²) in [5.41, 5.74) is 0.319. The molecule has 0 radical (unpaired) electrons. The van der Waals surface area contributed by atoms with Crippen LogP contribution >= 0.6 is 11.6 Å². The number of nitrogens with one attached hydrogen (secondary N) is 1. The van der Waals surface area contributed by atoms with E-state index in [2.05, 4.69) is 10.2 Å². The average Bonchev–Trinajstić information content (AvgIpc) is 2.74. The molecule has 6 nitrogen and oxygen atoms in total. The van der Waals surface area contributed by atoms with Crippen LogP contribution in [0, 0.1) is 5.92 Å². The van der Waals surface area contributed by atoms with Crippen molar-refractivity contribution in [3.63, 3.8) is 0 Å². The first-order valence-electron chi connectivity index (χ1n) is 10.6. The number of carbonyl (C=O) groups is 2. The molecule has 0 aliphatic carbocycles. The van der Waals surface area contributed by atoms with Gasteiger partial charge in [0.2, 0.25) is 5.91 Å². The fourth-order valence-electron chi connectivity index (χ4n) is 3.56. The maximum Gasteiger partial charge on any atom is 0.268 e. The number of piperazine rings is 1. The smallest absolute Gasteiger partial charge is 0.268 e. The van der Waals surface area contributed by atoms with Crippen LogP contribution in [0.2, 0.25) is 5.02 Å². The summed E-state index contributed by atoms with van der Waals surface area (Å²) in [5, 5.41) is 3.55. The molecule has 0 aromatic heterocycles. The zero-order valence-electron chi connectivity index (χ0n) is 18.5. The van der Waals surface area contributed by atoms with Crippen molar-refractivity contribution in [2.45, 2.75) is 33.3 Å². The van der Waals surface area contributed by atoms with E-state index < -0.39 is 5.60 Å². The van der Waals surface area contributed by atoms with Gasteiger partial charge in [0.1, 0.15) is 5.75 Å². The quantitative estimate of drug-likeness (QED) is 0.716. The lowest BCUT2D eigenvalue weighted by Gasteiger charge is -2.38. The molecule has 7 heteroatoms. The van der Waals surface area contributed by atoms with Crippen LogP contribution in [0.1, 0.15) is 27.7 Å². The summed E-state index contributed by atoms with van der Waals surface area (Å²) >= 11 is 6.53. The molecule has 2 aromatic rings. The van der Waals surface area contributed by atoms with Crippen molar-refractivity contribution in [3.05, 3.63) is 53.6 Å². The van der Waals surface area contributed by atoms with Gasteiger partial charge in [-0.1, -0.05) is 49.7 Å². The molecule has 1 heterocycles. The van der Waals surface area contributed by atoms with Crippen LogP contribution in [-0.2, 0) is 9.59 Å². The van der Waals surface area contributed by atoms with Gasteiger partial charge in [-0.2, -0.15) is 0 Å². The van der Waals surface area contributed by atoms with E-state index in [9.17, 15) is 9.59 Å². The van der Waals surface area contributed by atoms with Crippen molar-refractivity contribution in [2.24, 2.45) is 5.92 Å². The fraction of sp³-hybridized carbons (Fsp3) is 0.417. The van der Waals surface area contributed by atoms with Crippen molar-refractivity contribution >= 4 is 34.8 Å². The number of hydrogen-bond donors (Lipinski definition) is 1. The highest BCUT2D eigenvalue weighted by molar-refractivity contribution is 6.34. The van der Waals surface area contributed by atoms with Crippen LogP contribution in [0.25, 0.3) is 0 Å². The fourth-order valence-corrected chi connectivity index (χ4v) is 3.85.